The van der Waals surface area contributed by atoms with Crippen LogP contribution in [0.15, 0.2) is 33.7 Å². The molecule has 2 aromatic rings. The molecule has 0 radical (unpaired) electrons. The van der Waals surface area contributed by atoms with Crippen LogP contribution >= 0.6 is 0 Å². The Morgan fingerprint density at radius 2 is 1.84 bits per heavy atom. The van der Waals surface area contributed by atoms with Crippen molar-refractivity contribution in [2.75, 3.05) is 14.1 Å². The predicted octanol–water partition coefficient (Wildman–Crippen LogP) is 1.66. The number of hydrogen-bond donors (Lipinski definition) is 1. The number of amides is 1. The lowest BCUT2D eigenvalue weighted by Gasteiger charge is -2.11. The minimum Gasteiger partial charge on any atom is -0.345 e. The van der Waals surface area contributed by atoms with Crippen molar-refractivity contribution in [3.63, 3.8) is 0 Å². The van der Waals surface area contributed by atoms with Crippen LogP contribution in [-0.2, 0) is 10.0 Å². The average molecular weight is 364 g/mol. The smallest absolute Gasteiger partial charge is 0.316 e. The zero-order valence-electron chi connectivity index (χ0n) is 14.1. The van der Waals surface area contributed by atoms with Crippen molar-refractivity contribution < 1.29 is 17.7 Å². The molecule has 1 aromatic carbocycles. The Morgan fingerprint density at radius 1 is 1.20 bits per heavy atom. The van der Waals surface area contributed by atoms with Crippen molar-refractivity contribution in [1.29, 1.82) is 0 Å². The number of benzene rings is 1. The maximum Gasteiger partial charge on any atom is 0.316 e. The fourth-order valence-electron chi connectivity index (χ4n) is 2.74. The van der Waals surface area contributed by atoms with Gasteiger partial charge in [0.15, 0.2) is 0 Å². The van der Waals surface area contributed by atoms with E-state index in [0.717, 1.165) is 30.0 Å². The predicted molar refractivity (Wildman–Crippen MR) is 90.3 cm³/mol. The topological polar surface area (TPSA) is 105 Å². The van der Waals surface area contributed by atoms with E-state index in [2.05, 4.69) is 15.5 Å². The van der Waals surface area contributed by atoms with Crippen LogP contribution in [0, 0.1) is 0 Å². The van der Waals surface area contributed by atoms with Gasteiger partial charge in [-0.15, -0.1) is 0 Å². The first-order valence-corrected chi connectivity index (χ1v) is 9.49. The fourth-order valence-corrected chi connectivity index (χ4v) is 3.64. The first kappa shape index (κ1) is 17.6. The monoisotopic (exact) mass is 364 g/mol. The normalized spacial score (nSPS) is 15.6. The number of hydrogen-bond acceptors (Lipinski definition) is 6. The SMILES string of the molecule is CN(C)S(=O)(=O)c1ccc(-c2noc(C(=O)NC3CCCC3)n2)cc1. The van der Waals surface area contributed by atoms with Crippen molar-refractivity contribution in [2.24, 2.45) is 0 Å². The van der Waals surface area contributed by atoms with E-state index in [9.17, 15) is 13.2 Å². The maximum atomic E-state index is 12.1. The lowest BCUT2D eigenvalue weighted by Crippen LogP contribution is -2.32. The maximum absolute atomic E-state index is 12.1. The number of aromatic nitrogens is 2. The molecule has 9 heteroatoms. The molecule has 1 saturated carbocycles. The summed E-state index contributed by atoms with van der Waals surface area (Å²) in [5.41, 5.74) is 0.571. The van der Waals surface area contributed by atoms with E-state index in [1.54, 1.807) is 12.1 Å². The number of nitrogens with one attached hydrogen (secondary N) is 1. The van der Waals surface area contributed by atoms with Gasteiger partial charge in [0.2, 0.25) is 15.8 Å². The number of carbonyl (C=O) groups excluding carboxylic acids is 1. The van der Waals surface area contributed by atoms with Gasteiger partial charge in [-0.2, -0.15) is 4.98 Å². The van der Waals surface area contributed by atoms with Gasteiger partial charge in [-0.05, 0) is 37.1 Å². The molecular formula is C16H20N4O4S. The van der Waals surface area contributed by atoms with Crippen LogP contribution in [0.25, 0.3) is 11.4 Å². The molecule has 1 heterocycles. The number of nitrogens with zero attached hydrogens (tertiary/aromatic N) is 3. The number of sulfonamides is 1. The van der Waals surface area contributed by atoms with Crippen LogP contribution in [0.1, 0.15) is 36.4 Å². The molecule has 0 bridgehead atoms. The van der Waals surface area contributed by atoms with E-state index < -0.39 is 10.0 Å². The highest BCUT2D eigenvalue weighted by Gasteiger charge is 2.22. The van der Waals surface area contributed by atoms with Crippen LogP contribution in [0.4, 0.5) is 0 Å². The second kappa shape index (κ2) is 6.93. The minimum atomic E-state index is -3.49. The summed E-state index contributed by atoms with van der Waals surface area (Å²) in [6, 6.07) is 6.27. The Morgan fingerprint density at radius 3 is 2.44 bits per heavy atom. The Kier molecular flexibility index (Phi) is 4.87. The molecule has 0 spiro atoms. The molecule has 1 aromatic heterocycles. The van der Waals surface area contributed by atoms with Crippen molar-refractivity contribution in [2.45, 2.75) is 36.6 Å². The van der Waals surface area contributed by atoms with Crippen LogP contribution in [0.2, 0.25) is 0 Å². The summed E-state index contributed by atoms with van der Waals surface area (Å²) in [6.45, 7) is 0. The van der Waals surface area contributed by atoms with E-state index in [1.807, 2.05) is 0 Å². The molecule has 3 rings (SSSR count). The molecule has 8 nitrogen and oxygen atoms in total. The number of rotatable bonds is 5. The molecule has 134 valence electrons. The van der Waals surface area contributed by atoms with Crippen molar-refractivity contribution in [3.8, 4) is 11.4 Å². The minimum absolute atomic E-state index is 0.0908. The van der Waals surface area contributed by atoms with Crippen LogP contribution < -0.4 is 5.32 Å². The second-order valence-electron chi connectivity index (χ2n) is 6.19. The van der Waals surface area contributed by atoms with Gasteiger partial charge in [-0.25, -0.2) is 12.7 Å². The van der Waals surface area contributed by atoms with Crippen LogP contribution in [-0.4, -0.2) is 48.9 Å². The summed E-state index contributed by atoms with van der Waals surface area (Å²) in [6.07, 6.45) is 4.16. The van der Waals surface area contributed by atoms with E-state index in [1.165, 1.54) is 26.2 Å². The molecule has 1 fully saturated rings. The van der Waals surface area contributed by atoms with Gasteiger partial charge in [0.05, 0.1) is 4.90 Å². The average Bonchev–Trinajstić information content (AvgIpc) is 3.26. The van der Waals surface area contributed by atoms with E-state index >= 15 is 0 Å². The summed E-state index contributed by atoms with van der Waals surface area (Å²) < 4.78 is 30.3. The molecule has 1 amide bonds. The Bertz CT molecular complexity index is 853. The third-order valence-corrected chi connectivity index (χ3v) is 6.03. The highest BCUT2D eigenvalue weighted by molar-refractivity contribution is 7.89. The quantitative estimate of drug-likeness (QED) is 0.865. The first-order valence-electron chi connectivity index (χ1n) is 8.05. The third kappa shape index (κ3) is 3.72. The summed E-state index contributed by atoms with van der Waals surface area (Å²) in [5.74, 6) is -0.227. The van der Waals surface area contributed by atoms with Crippen LogP contribution in [0.5, 0.6) is 0 Å². The van der Waals surface area contributed by atoms with Crippen molar-refractivity contribution in [1.82, 2.24) is 19.8 Å². The van der Waals surface area contributed by atoms with E-state index in [4.69, 9.17) is 4.52 Å². The highest BCUT2D eigenvalue weighted by atomic mass is 32.2. The molecule has 0 atom stereocenters. The molecular weight excluding hydrogens is 344 g/mol. The molecule has 1 aliphatic rings. The van der Waals surface area contributed by atoms with Crippen LogP contribution in [0.3, 0.4) is 0 Å². The van der Waals surface area contributed by atoms with Gasteiger partial charge in [0, 0.05) is 25.7 Å². The molecule has 0 saturated heterocycles. The molecule has 1 aliphatic carbocycles. The highest BCUT2D eigenvalue weighted by Crippen LogP contribution is 2.21. The summed E-state index contributed by atoms with van der Waals surface area (Å²) >= 11 is 0. The Hall–Kier alpha value is -2.26. The molecule has 0 aliphatic heterocycles. The van der Waals surface area contributed by atoms with Crippen molar-refractivity contribution in [3.05, 3.63) is 30.2 Å². The molecule has 1 N–H and O–H groups in total. The largest absolute Gasteiger partial charge is 0.345 e. The van der Waals surface area contributed by atoms with Gasteiger partial charge in [-0.3, -0.25) is 4.79 Å². The fraction of sp³-hybridized carbons (Fsp3) is 0.438. The van der Waals surface area contributed by atoms with E-state index in [-0.39, 0.29) is 28.6 Å². The summed E-state index contributed by atoms with van der Waals surface area (Å²) in [5, 5.41) is 6.68. The molecule has 25 heavy (non-hydrogen) atoms. The van der Waals surface area contributed by atoms with Gasteiger partial charge in [0.25, 0.3) is 0 Å². The second-order valence-corrected chi connectivity index (χ2v) is 8.34. The van der Waals surface area contributed by atoms with Gasteiger partial charge in [-0.1, -0.05) is 18.0 Å². The molecule has 0 unspecified atom stereocenters. The van der Waals surface area contributed by atoms with Gasteiger partial charge < -0.3 is 9.84 Å². The third-order valence-electron chi connectivity index (χ3n) is 4.20. The van der Waals surface area contributed by atoms with Gasteiger partial charge in [0.1, 0.15) is 0 Å². The summed E-state index contributed by atoms with van der Waals surface area (Å²) in [4.78, 5) is 16.4. The lowest BCUT2D eigenvalue weighted by atomic mass is 10.2. The Balaban J connectivity index is 1.75. The van der Waals surface area contributed by atoms with E-state index in [0.29, 0.717) is 5.56 Å². The first-order chi connectivity index (χ1) is 11.9. The summed E-state index contributed by atoms with van der Waals surface area (Å²) in [7, 11) is -0.553. The number of carbonyl (C=O) groups is 1. The zero-order valence-corrected chi connectivity index (χ0v) is 14.9. The lowest BCUT2D eigenvalue weighted by molar-refractivity contribution is 0.0893. The van der Waals surface area contributed by atoms with Crippen molar-refractivity contribution >= 4 is 15.9 Å². The Labute approximate surface area is 146 Å². The zero-order chi connectivity index (χ0) is 18.0. The van der Waals surface area contributed by atoms with Gasteiger partial charge >= 0.3 is 11.8 Å². The standard InChI is InChI=1S/C16H20N4O4S/c1-20(2)25(22,23)13-9-7-11(8-10-13)14-18-16(24-19-14)15(21)17-12-5-3-4-6-12/h7-10,12H,3-6H2,1-2H3,(H,17,21).